The van der Waals surface area contributed by atoms with E-state index in [4.69, 9.17) is 10.00 Å². The first-order valence-electron chi connectivity index (χ1n) is 6.68. The number of fused-ring (bicyclic) bond motifs is 1. The zero-order valence-electron chi connectivity index (χ0n) is 10.5. The Balaban J connectivity index is 1.47. The lowest BCUT2D eigenvalue weighted by Crippen LogP contribution is -2.25. The third-order valence-electron chi connectivity index (χ3n) is 3.90. The molecule has 1 aromatic carbocycles. The number of nitrogens with one attached hydrogen (secondary N) is 1. The third-order valence-corrected chi connectivity index (χ3v) is 3.90. The van der Waals surface area contributed by atoms with Crippen molar-refractivity contribution in [3.63, 3.8) is 0 Å². The Kier molecular flexibility index (Phi) is 2.97. The predicted molar refractivity (Wildman–Crippen MR) is 69.5 cm³/mol. The molecule has 0 bridgehead atoms. The Hall–Kier alpha value is -1.53. The molecule has 3 heteroatoms. The van der Waals surface area contributed by atoms with Crippen LogP contribution < -0.4 is 10.1 Å². The molecule has 0 atom stereocenters. The highest BCUT2D eigenvalue weighted by atomic mass is 16.5. The summed E-state index contributed by atoms with van der Waals surface area (Å²) in [6.07, 6.45) is 4.18. The molecule has 1 N–H and O–H groups in total. The van der Waals surface area contributed by atoms with Gasteiger partial charge in [0.05, 0.1) is 18.1 Å². The minimum absolute atomic E-state index is 0.0359. The number of benzene rings is 1. The number of rotatable bonds is 5. The molecule has 0 spiro atoms. The van der Waals surface area contributed by atoms with Gasteiger partial charge >= 0.3 is 0 Å². The van der Waals surface area contributed by atoms with E-state index in [-0.39, 0.29) is 5.41 Å². The zero-order chi connectivity index (χ0) is 12.4. The number of nitriles is 1. The molecule has 0 radical (unpaired) electrons. The first-order chi connectivity index (χ1) is 8.81. The van der Waals surface area contributed by atoms with Crippen molar-refractivity contribution in [2.24, 2.45) is 5.41 Å². The molecule has 0 saturated heterocycles. The van der Waals surface area contributed by atoms with E-state index in [1.807, 2.05) is 0 Å². The normalized spacial score (nSPS) is 18.8. The third kappa shape index (κ3) is 2.34. The molecule has 18 heavy (non-hydrogen) atoms. The quantitative estimate of drug-likeness (QED) is 0.804. The van der Waals surface area contributed by atoms with E-state index >= 15 is 0 Å². The molecule has 1 fully saturated rings. The molecule has 0 aromatic heterocycles. The van der Waals surface area contributed by atoms with E-state index in [1.54, 1.807) is 0 Å². The average Bonchev–Trinajstić information content (AvgIpc) is 3.03. The number of hydrogen-bond acceptors (Lipinski definition) is 3. The van der Waals surface area contributed by atoms with Crippen molar-refractivity contribution in [2.75, 3.05) is 19.7 Å². The monoisotopic (exact) mass is 242 g/mol. The Labute approximate surface area is 108 Å². The van der Waals surface area contributed by atoms with Crippen LogP contribution in [0.1, 0.15) is 24.0 Å². The van der Waals surface area contributed by atoms with Crippen LogP contribution >= 0.6 is 0 Å². The van der Waals surface area contributed by atoms with E-state index in [1.165, 1.54) is 11.1 Å². The topological polar surface area (TPSA) is 45.0 Å². The Bertz CT molecular complexity index is 486. The molecule has 1 aliphatic heterocycles. The summed E-state index contributed by atoms with van der Waals surface area (Å²) in [4.78, 5) is 0. The maximum Gasteiger partial charge on any atom is 0.122 e. The summed E-state index contributed by atoms with van der Waals surface area (Å²) in [6, 6.07) is 8.88. The molecule has 1 aromatic rings. The van der Waals surface area contributed by atoms with Crippen LogP contribution in [0.25, 0.3) is 0 Å². The second kappa shape index (κ2) is 4.62. The van der Waals surface area contributed by atoms with Gasteiger partial charge in [-0.2, -0.15) is 5.26 Å². The summed E-state index contributed by atoms with van der Waals surface area (Å²) in [6.45, 7) is 2.61. The lowest BCUT2D eigenvalue weighted by Gasteiger charge is -2.08. The standard InChI is InChI=1S/C15H18N2O/c16-10-15(5-6-15)11-17-7-3-12-1-2-14-13(9-12)4-8-18-14/h1-2,9,17H,3-8,11H2. The van der Waals surface area contributed by atoms with E-state index in [9.17, 15) is 0 Å². The second-order valence-electron chi connectivity index (χ2n) is 5.36. The van der Waals surface area contributed by atoms with E-state index in [0.717, 1.165) is 51.1 Å². The smallest absolute Gasteiger partial charge is 0.122 e. The van der Waals surface area contributed by atoms with Crippen molar-refractivity contribution >= 4 is 0 Å². The summed E-state index contributed by atoms with van der Waals surface area (Å²) in [5, 5.41) is 12.4. The van der Waals surface area contributed by atoms with Crippen molar-refractivity contribution in [3.05, 3.63) is 29.3 Å². The van der Waals surface area contributed by atoms with Gasteiger partial charge in [-0.15, -0.1) is 0 Å². The van der Waals surface area contributed by atoms with Crippen LogP contribution in [-0.2, 0) is 12.8 Å². The summed E-state index contributed by atoms with van der Waals surface area (Å²) in [7, 11) is 0. The van der Waals surface area contributed by atoms with Gasteiger partial charge in [-0.05, 0) is 43.0 Å². The molecule has 2 aliphatic rings. The Morgan fingerprint density at radius 2 is 2.28 bits per heavy atom. The maximum absolute atomic E-state index is 8.97. The predicted octanol–water partition coefficient (Wildman–Crippen LogP) is 2.06. The molecule has 1 heterocycles. The van der Waals surface area contributed by atoms with Crippen LogP contribution in [0.3, 0.4) is 0 Å². The van der Waals surface area contributed by atoms with Gasteiger partial charge in [-0.1, -0.05) is 12.1 Å². The van der Waals surface area contributed by atoms with Gasteiger partial charge in [0.2, 0.25) is 0 Å². The SMILES string of the molecule is N#CC1(CNCCc2ccc3c(c2)CCO3)CC1. The van der Waals surface area contributed by atoms with Gasteiger partial charge in [0.1, 0.15) is 5.75 Å². The van der Waals surface area contributed by atoms with Crippen molar-refractivity contribution in [3.8, 4) is 11.8 Å². The van der Waals surface area contributed by atoms with Crippen molar-refractivity contribution in [1.29, 1.82) is 5.26 Å². The molecule has 0 unspecified atom stereocenters. The summed E-state index contributed by atoms with van der Waals surface area (Å²) in [5.41, 5.74) is 2.66. The number of hydrogen-bond donors (Lipinski definition) is 1. The minimum atomic E-state index is -0.0359. The highest BCUT2D eigenvalue weighted by Crippen LogP contribution is 2.43. The van der Waals surface area contributed by atoms with Crippen LogP contribution in [-0.4, -0.2) is 19.7 Å². The van der Waals surface area contributed by atoms with Crippen LogP contribution in [0.2, 0.25) is 0 Å². The van der Waals surface area contributed by atoms with E-state index in [2.05, 4.69) is 29.6 Å². The fourth-order valence-electron chi connectivity index (χ4n) is 2.43. The molecule has 94 valence electrons. The number of nitrogens with zero attached hydrogens (tertiary/aromatic N) is 1. The molecular weight excluding hydrogens is 224 g/mol. The summed E-state index contributed by atoms with van der Waals surface area (Å²) >= 11 is 0. The summed E-state index contributed by atoms with van der Waals surface area (Å²) < 4.78 is 5.49. The van der Waals surface area contributed by atoms with E-state index in [0.29, 0.717) is 0 Å². The largest absolute Gasteiger partial charge is 0.493 e. The van der Waals surface area contributed by atoms with Crippen molar-refractivity contribution in [2.45, 2.75) is 25.7 Å². The van der Waals surface area contributed by atoms with Crippen LogP contribution in [0.15, 0.2) is 18.2 Å². The first kappa shape index (κ1) is 11.6. The average molecular weight is 242 g/mol. The fraction of sp³-hybridized carbons (Fsp3) is 0.533. The first-order valence-corrected chi connectivity index (χ1v) is 6.68. The highest BCUT2D eigenvalue weighted by Gasteiger charge is 2.42. The van der Waals surface area contributed by atoms with Gasteiger partial charge in [0.25, 0.3) is 0 Å². The zero-order valence-corrected chi connectivity index (χ0v) is 10.5. The molecule has 3 rings (SSSR count). The highest BCUT2D eigenvalue weighted by molar-refractivity contribution is 5.39. The lowest BCUT2D eigenvalue weighted by atomic mass is 10.1. The summed E-state index contributed by atoms with van der Waals surface area (Å²) in [5.74, 6) is 1.05. The molecule has 1 saturated carbocycles. The molecule has 0 amide bonds. The molecular formula is C15H18N2O. The minimum Gasteiger partial charge on any atom is -0.493 e. The fourth-order valence-corrected chi connectivity index (χ4v) is 2.43. The number of ether oxygens (including phenoxy) is 1. The van der Waals surface area contributed by atoms with Crippen molar-refractivity contribution < 1.29 is 4.74 Å². The van der Waals surface area contributed by atoms with Gasteiger partial charge in [0, 0.05) is 13.0 Å². The van der Waals surface area contributed by atoms with Gasteiger partial charge in [0.15, 0.2) is 0 Å². The van der Waals surface area contributed by atoms with Crippen molar-refractivity contribution in [1.82, 2.24) is 5.32 Å². The van der Waals surface area contributed by atoms with Crippen LogP contribution in [0, 0.1) is 16.7 Å². The Morgan fingerprint density at radius 3 is 3.06 bits per heavy atom. The van der Waals surface area contributed by atoms with E-state index < -0.39 is 0 Å². The molecule has 1 aliphatic carbocycles. The molecule has 3 nitrogen and oxygen atoms in total. The Morgan fingerprint density at radius 1 is 1.39 bits per heavy atom. The van der Waals surface area contributed by atoms with Gasteiger partial charge in [-0.25, -0.2) is 0 Å². The second-order valence-corrected chi connectivity index (χ2v) is 5.36. The van der Waals surface area contributed by atoms with Crippen LogP contribution in [0.5, 0.6) is 5.75 Å². The lowest BCUT2D eigenvalue weighted by molar-refractivity contribution is 0.357. The van der Waals surface area contributed by atoms with Gasteiger partial charge in [-0.3, -0.25) is 0 Å². The van der Waals surface area contributed by atoms with Crippen LogP contribution in [0.4, 0.5) is 0 Å². The van der Waals surface area contributed by atoms with Gasteiger partial charge < -0.3 is 10.1 Å². The maximum atomic E-state index is 8.97.